The second kappa shape index (κ2) is 8.60. The van der Waals surface area contributed by atoms with E-state index in [4.69, 9.17) is 0 Å². The Bertz CT molecular complexity index is 636. The molecule has 1 aromatic rings. The molecule has 1 aliphatic heterocycles. The fraction of sp³-hybridized carbons (Fsp3) is 0.588. The molecule has 134 valence electrons. The first-order chi connectivity index (χ1) is 11.4. The highest BCUT2D eigenvalue weighted by Gasteiger charge is 2.19. The number of likely N-dealkylation sites (tertiary alicyclic amines) is 1. The summed E-state index contributed by atoms with van der Waals surface area (Å²) in [5.74, 6) is 0.644. The second-order valence-corrected chi connectivity index (χ2v) is 8.41. The van der Waals surface area contributed by atoms with Crippen molar-refractivity contribution in [3.05, 3.63) is 24.3 Å². The molecule has 1 amide bonds. The molecule has 24 heavy (non-hydrogen) atoms. The number of rotatable bonds is 7. The Morgan fingerprint density at radius 2 is 1.83 bits per heavy atom. The molecule has 1 aliphatic rings. The van der Waals surface area contributed by atoms with Crippen LogP contribution in [0.15, 0.2) is 29.2 Å². The molecule has 0 atom stereocenters. The van der Waals surface area contributed by atoms with E-state index in [0.29, 0.717) is 12.2 Å². The number of nitrogens with one attached hydrogen (secondary N) is 3. The Morgan fingerprint density at radius 3 is 2.42 bits per heavy atom. The van der Waals surface area contributed by atoms with Gasteiger partial charge in [-0.3, -0.25) is 4.79 Å². The summed E-state index contributed by atoms with van der Waals surface area (Å²) < 4.78 is 27.2. The number of sulfonamides is 1. The average molecular weight is 354 g/mol. The first kappa shape index (κ1) is 18.9. The molecule has 0 unspecified atom stereocenters. The number of hydrogen-bond donors (Lipinski definition) is 3. The van der Waals surface area contributed by atoms with Crippen LogP contribution in [0.5, 0.6) is 0 Å². The molecule has 1 heterocycles. The lowest BCUT2D eigenvalue weighted by Gasteiger charge is -2.27. The molecule has 7 heteroatoms. The fourth-order valence-corrected chi connectivity index (χ4v) is 4.04. The molecular weight excluding hydrogens is 326 g/mol. The van der Waals surface area contributed by atoms with Gasteiger partial charge >= 0.3 is 0 Å². The number of carbonyl (C=O) groups excluding carboxylic acids is 1. The van der Waals surface area contributed by atoms with Crippen LogP contribution < -0.4 is 14.9 Å². The van der Waals surface area contributed by atoms with Gasteiger partial charge in [-0.25, -0.2) is 13.1 Å². The van der Waals surface area contributed by atoms with E-state index in [1.54, 1.807) is 17.0 Å². The van der Waals surface area contributed by atoms with Crippen molar-refractivity contribution in [2.45, 2.75) is 38.0 Å². The van der Waals surface area contributed by atoms with E-state index in [0.717, 1.165) is 18.9 Å². The van der Waals surface area contributed by atoms with Crippen LogP contribution in [0.1, 0.15) is 33.1 Å². The van der Waals surface area contributed by atoms with Crippen LogP contribution >= 0.6 is 0 Å². The van der Waals surface area contributed by atoms with Crippen molar-refractivity contribution in [1.82, 2.24) is 4.72 Å². The van der Waals surface area contributed by atoms with Gasteiger partial charge in [0.2, 0.25) is 15.9 Å². The van der Waals surface area contributed by atoms with Gasteiger partial charge in [-0.1, -0.05) is 6.92 Å². The molecule has 0 bridgehead atoms. The maximum Gasteiger partial charge on any atom is 0.240 e. The SMILES string of the molecule is CC(=O)Nc1ccc(S(=O)(=O)NCCC[NH+]2CCC(C)CC2)cc1. The quantitative estimate of drug-likeness (QED) is 0.628. The Morgan fingerprint density at radius 1 is 1.21 bits per heavy atom. The Balaban J connectivity index is 1.77. The molecular formula is C17H28N3O3S+. The Hall–Kier alpha value is -1.44. The normalized spacial score (nSPS) is 21.4. The van der Waals surface area contributed by atoms with Gasteiger partial charge in [0.05, 0.1) is 24.5 Å². The molecule has 1 aromatic carbocycles. The van der Waals surface area contributed by atoms with E-state index in [1.165, 1.54) is 45.0 Å². The van der Waals surface area contributed by atoms with Gasteiger partial charge in [-0.05, 0) is 43.0 Å². The zero-order valence-electron chi connectivity index (χ0n) is 14.5. The summed E-state index contributed by atoms with van der Waals surface area (Å²) in [7, 11) is -3.49. The summed E-state index contributed by atoms with van der Waals surface area (Å²) in [6, 6.07) is 6.19. The van der Waals surface area contributed by atoms with Gasteiger partial charge < -0.3 is 10.2 Å². The Labute approximate surface area is 144 Å². The van der Waals surface area contributed by atoms with E-state index in [9.17, 15) is 13.2 Å². The van der Waals surface area contributed by atoms with Crippen molar-refractivity contribution in [3.63, 3.8) is 0 Å². The molecule has 0 aliphatic carbocycles. The number of benzene rings is 1. The van der Waals surface area contributed by atoms with Crippen molar-refractivity contribution < 1.29 is 18.1 Å². The minimum absolute atomic E-state index is 0.182. The molecule has 0 spiro atoms. The zero-order chi connectivity index (χ0) is 17.6. The van der Waals surface area contributed by atoms with E-state index in [1.807, 2.05) is 0 Å². The molecule has 1 fully saturated rings. The highest BCUT2D eigenvalue weighted by atomic mass is 32.2. The molecule has 6 nitrogen and oxygen atoms in total. The number of piperidine rings is 1. The number of amides is 1. The van der Waals surface area contributed by atoms with E-state index < -0.39 is 10.0 Å². The van der Waals surface area contributed by atoms with Gasteiger partial charge in [0.15, 0.2) is 0 Å². The maximum absolute atomic E-state index is 12.3. The van der Waals surface area contributed by atoms with Crippen LogP contribution in [0.25, 0.3) is 0 Å². The van der Waals surface area contributed by atoms with Crippen molar-refractivity contribution in [2.75, 3.05) is 31.5 Å². The fourth-order valence-electron chi connectivity index (χ4n) is 2.97. The largest absolute Gasteiger partial charge is 0.335 e. The molecule has 3 N–H and O–H groups in total. The van der Waals surface area contributed by atoms with Crippen LogP contribution in [-0.2, 0) is 14.8 Å². The predicted molar refractivity (Wildman–Crippen MR) is 94.5 cm³/mol. The first-order valence-corrected chi connectivity index (χ1v) is 10.1. The molecule has 0 saturated carbocycles. The van der Waals surface area contributed by atoms with Crippen molar-refractivity contribution in [1.29, 1.82) is 0 Å². The summed E-state index contributed by atoms with van der Waals surface area (Å²) in [6.07, 6.45) is 3.37. The van der Waals surface area contributed by atoms with E-state index in [2.05, 4.69) is 17.0 Å². The number of anilines is 1. The van der Waals surface area contributed by atoms with E-state index >= 15 is 0 Å². The topological polar surface area (TPSA) is 79.7 Å². The summed E-state index contributed by atoms with van der Waals surface area (Å²) >= 11 is 0. The standard InChI is InChI=1S/C17H27N3O3S/c1-14-8-12-20(13-9-14)11-3-10-18-24(22,23)17-6-4-16(5-7-17)19-15(2)21/h4-7,14,18H,3,8-13H2,1-2H3,(H,19,21)/p+1. The molecule has 0 aromatic heterocycles. The molecule has 0 radical (unpaired) electrons. The number of carbonyl (C=O) groups is 1. The second-order valence-electron chi connectivity index (χ2n) is 6.64. The minimum atomic E-state index is -3.49. The zero-order valence-corrected chi connectivity index (χ0v) is 15.3. The maximum atomic E-state index is 12.3. The third-order valence-electron chi connectivity index (χ3n) is 4.47. The predicted octanol–water partition coefficient (Wildman–Crippen LogP) is 0.628. The third-order valence-corrected chi connectivity index (χ3v) is 5.94. The monoisotopic (exact) mass is 354 g/mol. The van der Waals surface area contributed by atoms with Gasteiger partial charge in [-0.15, -0.1) is 0 Å². The minimum Gasteiger partial charge on any atom is -0.335 e. The highest BCUT2D eigenvalue weighted by Crippen LogP contribution is 2.13. The lowest BCUT2D eigenvalue weighted by molar-refractivity contribution is -0.906. The van der Waals surface area contributed by atoms with Crippen LogP contribution in [0.3, 0.4) is 0 Å². The summed E-state index contributed by atoms with van der Waals surface area (Å²) in [4.78, 5) is 12.8. The van der Waals surface area contributed by atoms with Crippen LogP contribution in [0.2, 0.25) is 0 Å². The van der Waals surface area contributed by atoms with Crippen molar-refractivity contribution in [2.24, 2.45) is 5.92 Å². The van der Waals surface area contributed by atoms with Crippen molar-refractivity contribution >= 4 is 21.6 Å². The van der Waals surface area contributed by atoms with Gasteiger partial charge in [-0.2, -0.15) is 0 Å². The Kier molecular flexibility index (Phi) is 6.77. The highest BCUT2D eigenvalue weighted by molar-refractivity contribution is 7.89. The summed E-state index contributed by atoms with van der Waals surface area (Å²) in [5, 5.41) is 2.62. The van der Waals surface area contributed by atoms with Crippen molar-refractivity contribution in [3.8, 4) is 0 Å². The number of hydrogen-bond acceptors (Lipinski definition) is 3. The first-order valence-electron chi connectivity index (χ1n) is 8.58. The average Bonchev–Trinajstić information content (AvgIpc) is 2.53. The van der Waals surface area contributed by atoms with Crippen LogP contribution in [0, 0.1) is 5.92 Å². The lowest BCUT2D eigenvalue weighted by Crippen LogP contribution is -3.13. The van der Waals surface area contributed by atoms with Crippen LogP contribution in [0.4, 0.5) is 5.69 Å². The van der Waals surface area contributed by atoms with Gasteiger partial charge in [0, 0.05) is 25.6 Å². The molecule has 2 rings (SSSR count). The summed E-state index contributed by atoms with van der Waals surface area (Å²) in [6.45, 7) is 7.56. The lowest BCUT2D eigenvalue weighted by atomic mass is 9.99. The van der Waals surface area contributed by atoms with E-state index in [-0.39, 0.29) is 10.8 Å². The van der Waals surface area contributed by atoms with Gasteiger partial charge in [0.25, 0.3) is 0 Å². The summed E-state index contributed by atoms with van der Waals surface area (Å²) in [5.41, 5.74) is 0.587. The smallest absolute Gasteiger partial charge is 0.240 e. The third kappa shape index (κ3) is 5.89. The molecule has 1 saturated heterocycles. The van der Waals surface area contributed by atoms with Gasteiger partial charge in [0.1, 0.15) is 0 Å². The van der Waals surface area contributed by atoms with Crippen LogP contribution in [-0.4, -0.2) is 40.5 Å². The number of quaternary nitrogens is 1.